The molecule has 0 bridgehead atoms. The minimum atomic E-state index is 0.652. The molecule has 0 radical (unpaired) electrons. The van der Waals surface area contributed by atoms with E-state index in [0.29, 0.717) is 6.04 Å². The number of piperazine rings is 1. The smallest absolute Gasteiger partial charge is 0.0367 e. The van der Waals surface area contributed by atoms with Gasteiger partial charge in [0.1, 0.15) is 0 Å². The first-order valence-electron chi connectivity index (χ1n) is 6.40. The van der Waals surface area contributed by atoms with Crippen molar-refractivity contribution >= 4 is 5.69 Å². The van der Waals surface area contributed by atoms with Crippen LogP contribution in [0.4, 0.5) is 5.69 Å². The molecule has 88 valence electrons. The third-order valence-corrected chi connectivity index (χ3v) is 3.46. The number of hydrogen-bond acceptors (Lipinski definition) is 2. The van der Waals surface area contributed by atoms with Gasteiger partial charge in [-0.15, -0.1) is 0 Å². The summed E-state index contributed by atoms with van der Waals surface area (Å²) in [6, 6.07) is 9.67. The van der Waals surface area contributed by atoms with Crippen LogP contribution in [0.5, 0.6) is 0 Å². The monoisotopic (exact) mass is 218 g/mol. The predicted molar refractivity (Wildman–Crippen MR) is 70.1 cm³/mol. The molecule has 0 aromatic heterocycles. The summed E-state index contributed by atoms with van der Waals surface area (Å²) in [6.07, 6.45) is 2.34. The second kappa shape index (κ2) is 5.35. The van der Waals surface area contributed by atoms with Gasteiger partial charge in [0, 0.05) is 31.4 Å². The summed E-state index contributed by atoms with van der Waals surface area (Å²) in [5, 5.41) is 3.55. The van der Waals surface area contributed by atoms with Crippen molar-refractivity contribution in [3.63, 3.8) is 0 Å². The Balaban J connectivity index is 2.05. The molecule has 16 heavy (non-hydrogen) atoms. The largest absolute Gasteiger partial charge is 0.369 e. The van der Waals surface area contributed by atoms with Crippen LogP contribution >= 0.6 is 0 Å². The summed E-state index contributed by atoms with van der Waals surface area (Å²) >= 11 is 0. The normalized spacial score (nSPS) is 21.1. The zero-order valence-electron chi connectivity index (χ0n) is 10.4. The lowest BCUT2D eigenvalue weighted by atomic mass is 10.1. The van der Waals surface area contributed by atoms with Crippen molar-refractivity contribution in [2.24, 2.45) is 0 Å². The van der Waals surface area contributed by atoms with Gasteiger partial charge in [-0.05, 0) is 30.5 Å². The van der Waals surface area contributed by atoms with Gasteiger partial charge in [-0.2, -0.15) is 0 Å². The second-order valence-electron chi connectivity index (χ2n) is 4.53. The van der Waals surface area contributed by atoms with Gasteiger partial charge in [0.05, 0.1) is 0 Å². The summed E-state index contributed by atoms with van der Waals surface area (Å²) in [4.78, 5) is 2.49. The molecular formula is C14H22N2. The van der Waals surface area contributed by atoms with Gasteiger partial charge >= 0.3 is 0 Å². The molecule has 1 aromatic carbocycles. The minimum absolute atomic E-state index is 0.652. The molecule has 2 heteroatoms. The van der Waals surface area contributed by atoms with E-state index in [1.54, 1.807) is 0 Å². The van der Waals surface area contributed by atoms with Crippen LogP contribution in [0.25, 0.3) is 0 Å². The van der Waals surface area contributed by atoms with E-state index in [0.717, 1.165) is 26.1 Å². The van der Waals surface area contributed by atoms with Crippen molar-refractivity contribution in [3.05, 3.63) is 29.8 Å². The Kier molecular flexibility index (Phi) is 3.83. The highest BCUT2D eigenvalue weighted by Gasteiger charge is 2.17. The van der Waals surface area contributed by atoms with Gasteiger partial charge in [0.25, 0.3) is 0 Å². The van der Waals surface area contributed by atoms with Crippen molar-refractivity contribution in [3.8, 4) is 0 Å². The Labute approximate surface area is 98.7 Å². The summed E-state index contributed by atoms with van der Waals surface area (Å²) < 4.78 is 0. The van der Waals surface area contributed by atoms with E-state index >= 15 is 0 Å². The van der Waals surface area contributed by atoms with Crippen molar-refractivity contribution < 1.29 is 0 Å². The number of rotatable bonds is 3. The molecule has 0 aliphatic carbocycles. The summed E-state index contributed by atoms with van der Waals surface area (Å²) in [5.41, 5.74) is 2.79. The van der Waals surface area contributed by atoms with Crippen LogP contribution in [0.2, 0.25) is 0 Å². The SMILES string of the molecule is CCc1ccc(N2CCNC(CC)C2)cc1. The van der Waals surface area contributed by atoms with Crippen LogP contribution in [-0.2, 0) is 6.42 Å². The zero-order valence-corrected chi connectivity index (χ0v) is 10.4. The van der Waals surface area contributed by atoms with Crippen molar-refractivity contribution in [2.45, 2.75) is 32.7 Å². The van der Waals surface area contributed by atoms with Crippen LogP contribution < -0.4 is 10.2 Å². The average molecular weight is 218 g/mol. The van der Waals surface area contributed by atoms with Crippen LogP contribution in [0.15, 0.2) is 24.3 Å². The molecule has 1 aromatic rings. The van der Waals surface area contributed by atoms with E-state index in [1.165, 1.54) is 17.7 Å². The molecule has 1 fully saturated rings. The lowest BCUT2D eigenvalue weighted by Gasteiger charge is -2.35. The molecule has 1 N–H and O–H groups in total. The van der Waals surface area contributed by atoms with Crippen LogP contribution in [0.3, 0.4) is 0 Å². The summed E-state index contributed by atoms with van der Waals surface area (Å²) in [6.45, 7) is 7.83. The lowest BCUT2D eigenvalue weighted by molar-refractivity contribution is 0.447. The Bertz CT molecular complexity index is 318. The standard InChI is InChI=1S/C14H22N2/c1-3-12-5-7-14(8-6-12)16-10-9-15-13(4-2)11-16/h5-8,13,15H,3-4,9-11H2,1-2H3. The van der Waals surface area contributed by atoms with Gasteiger partial charge < -0.3 is 10.2 Å². The van der Waals surface area contributed by atoms with Crippen LogP contribution in [-0.4, -0.2) is 25.7 Å². The highest BCUT2D eigenvalue weighted by atomic mass is 15.2. The number of nitrogens with one attached hydrogen (secondary N) is 1. The van der Waals surface area contributed by atoms with E-state index in [-0.39, 0.29) is 0 Å². The maximum absolute atomic E-state index is 3.55. The molecule has 2 rings (SSSR count). The second-order valence-corrected chi connectivity index (χ2v) is 4.53. The lowest BCUT2D eigenvalue weighted by Crippen LogP contribution is -2.50. The molecule has 1 aliphatic heterocycles. The van der Waals surface area contributed by atoms with Crippen molar-refractivity contribution in [1.29, 1.82) is 0 Å². The van der Waals surface area contributed by atoms with Gasteiger partial charge in [-0.1, -0.05) is 26.0 Å². The van der Waals surface area contributed by atoms with E-state index in [1.807, 2.05) is 0 Å². The van der Waals surface area contributed by atoms with Gasteiger partial charge in [0.2, 0.25) is 0 Å². The topological polar surface area (TPSA) is 15.3 Å². The maximum atomic E-state index is 3.55. The molecule has 0 spiro atoms. The van der Waals surface area contributed by atoms with Crippen molar-refractivity contribution in [1.82, 2.24) is 5.32 Å². The number of benzene rings is 1. The fourth-order valence-corrected chi connectivity index (χ4v) is 2.28. The molecule has 0 saturated carbocycles. The Morgan fingerprint density at radius 1 is 1.25 bits per heavy atom. The molecular weight excluding hydrogens is 196 g/mol. The number of anilines is 1. The summed E-state index contributed by atoms with van der Waals surface area (Å²) in [7, 11) is 0. The maximum Gasteiger partial charge on any atom is 0.0367 e. The van der Waals surface area contributed by atoms with Gasteiger partial charge in [0.15, 0.2) is 0 Å². The number of hydrogen-bond donors (Lipinski definition) is 1. The molecule has 1 unspecified atom stereocenters. The van der Waals surface area contributed by atoms with E-state index in [4.69, 9.17) is 0 Å². The van der Waals surface area contributed by atoms with E-state index in [9.17, 15) is 0 Å². The fourth-order valence-electron chi connectivity index (χ4n) is 2.28. The molecule has 0 amide bonds. The number of nitrogens with zero attached hydrogens (tertiary/aromatic N) is 1. The highest BCUT2D eigenvalue weighted by Crippen LogP contribution is 2.17. The van der Waals surface area contributed by atoms with Gasteiger partial charge in [-0.3, -0.25) is 0 Å². The molecule has 1 atom stereocenters. The molecule has 1 aliphatic rings. The molecule has 1 saturated heterocycles. The Morgan fingerprint density at radius 2 is 2.00 bits per heavy atom. The Hall–Kier alpha value is -1.02. The first kappa shape index (κ1) is 11.5. The quantitative estimate of drug-likeness (QED) is 0.838. The first-order valence-corrected chi connectivity index (χ1v) is 6.40. The predicted octanol–water partition coefficient (Wildman–Crippen LogP) is 2.44. The van der Waals surface area contributed by atoms with E-state index in [2.05, 4.69) is 48.3 Å². The highest BCUT2D eigenvalue weighted by molar-refractivity contribution is 5.48. The third kappa shape index (κ3) is 2.56. The minimum Gasteiger partial charge on any atom is -0.369 e. The van der Waals surface area contributed by atoms with E-state index < -0.39 is 0 Å². The zero-order chi connectivity index (χ0) is 11.4. The molecule has 2 nitrogen and oxygen atoms in total. The van der Waals surface area contributed by atoms with Crippen LogP contribution in [0.1, 0.15) is 25.8 Å². The van der Waals surface area contributed by atoms with Gasteiger partial charge in [-0.25, -0.2) is 0 Å². The number of aryl methyl sites for hydroxylation is 1. The third-order valence-electron chi connectivity index (χ3n) is 3.46. The average Bonchev–Trinajstić information content (AvgIpc) is 2.39. The molecule has 1 heterocycles. The van der Waals surface area contributed by atoms with Crippen molar-refractivity contribution in [2.75, 3.05) is 24.5 Å². The first-order chi connectivity index (χ1) is 7.83. The van der Waals surface area contributed by atoms with Crippen LogP contribution in [0, 0.1) is 0 Å². The fraction of sp³-hybridized carbons (Fsp3) is 0.571. The summed E-state index contributed by atoms with van der Waals surface area (Å²) in [5.74, 6) is 0. The Morgan fingerprint density at radius 3 is 2.62 bits per heavy atom.